The maximum Gasteiger partial charge on any atom is 0.144 e. The van der Waals surface area contributed by atoms with Crippen molar-refractivity contribution in [2.45, 2.75) is 6.42 Å². The van der Waals surface area contributed by atoms with Gasteiger partial charge in [-0.3, -0.25) is 0 Å². The van der Waals surface area contributed by atoms with E-state index >= 15 is 0 Å². The van der Waals surface area contributed by atoms with Crippen LogP contribution >= 0.6 is 0 Å². The van der Waals surface area contributed by atoms with Crippen molar-refractivity contribution in [3.05, 3.63) is 109 Å². The van der Waals surface area contributed by atoms with Crippen LogP contribution in [0.3, 0.4) is 0 Å². The molecule has 130 valence electrons. The van der Waals surface area contributed by atoms with E-state index in [1.807, 2.05) is 65.8 Å². The molecule has 0 aliphatic heterocycles. The van der Waals surface area contributed by atoms with Gasteiger partial charge in [0, 0.05) is 48.0 Å². The van der Waals surface area contributed by atoms with E-state index in [-0.39, 0.29) is 0 Å². The highest BCUT2D eigenvalue weighted by Crippen LogP contribution is 2.23. The third-order valence-corrected chi connectivity index (χ3v) is 4.65. The number of pyridine rings is 2. The van der Waals surface area contributed by atoms with Gasteiger partial charge in [0.25, 0.3) is 0 Å². The molecule has 0 aliphatic carbocycles. The molecule has 0 aliphatic rings. The van der Waals surface area contributed by atoms with E-state index < -0.39 is 0 Å². The van der Waals surface area contributed by atoms with Gasteiger partial charge in [-0.15, -0.1) is 0 Å². The summed E-state index contributed by atoms with van der Waals surface area (Å²) in [6.45, 7) is 0. The molecular formula is C23H18N4. The van der Waals surface area contributed by atoms with Gasteiger partial charge in [0.1, 0.15) is 11.6 Å². The van der Waals surface area contributed by atoms with Gasteiger partial charge >= 0.3 is 0 Å². The Hall–Kier alpha value is -3.66. The van der Waals surface area contributed by atoms with Crippen molar-refractivity contribution in [1.82, 2.24) is 19.1 Å². The van der Waals surface area contributed by atoms with E-state index in [1.165, 1.54) is 5.39 Å². The summed E-state index contributed by atoms with van der Waals surface area (Å²) in [7, 11) is 0. The smallest absolute Gasteiger partial charge is 0.144 e. The zero-order chi connectivity index (χ0) is 18.1. The molecule has 4 heterocycles. The summed E-state index contributed by atoms with van der Waals surface area (Å²) in [5.74, 6) is 1.87. The average molecular weight is 350 g/mol. The van der Waals surface area contributed by atoms with Crippen LogP contribution in [0, 0.1) is 0 Å². The molecule has 4 aromatic heterocycles. The summed E-state index contributed by atoms with van der Waals surface area (Å²) in [6.07, 6.45) is 8.76. The van der Waals surface area contributed by atoms with Gasteiger partial charge in [0.15, 0.2) is 0 Å². The van der Waals surface area contributed by atoms with Gasteiger partial charge in [0.2, 0.25) is 0 Å². The molecule has 0 atom stereocenters. The zero-order valence-corrected chi connectivity index (χ0v) is 14.7. The standard InChI is InChI=1S/C23H18N4/c1-2-10-21-18(8-1)16-20(25-23(21)27-14-5-6-15-27)17-19-9-7-11-22(24-19)26-12-3-4-13-26/h1-16H,17H2. The average Bonchev–Trinajstić information content (AvgIpc) is 3.42. The van der Waals surface area contributed by atoms with Crippen LogP contribution in [0.25, 0.3) is 22.4 Å². The molecule has 0 unspecified atom stereocenters. The number of hydrogen-bond acceptors (Lipinski definition) is 2. The number of fused-ring (bicyclic) bond motifs is 1. The molecule has 5 rings (SSSR count). The largest absolute Gasteiger partial charge is 0.309 e. The third kappa shape index (κ3) is 3.02. The van der Waals surface area contributed by atoms with Gasteiger partial charge in [-0.05, 0) is 47.9 Å². The summed E-state index contributed by atoms with van der Waals surface area (Å²) in [5, 5.41) is 2.33. The van der Waals surface area contributed by atoms with Crippen molar-refractivity contribution in [2.75, 3.05) is 0 Å². The Morgan fingerprint density at radius 3 is 2.19 bits per heavy atom. The normalized spacial score (nSPS) is 11.1. The SMILES string of the molecule is c1cc(Cc2cc3ccccc3c(-n3cccc3)n2)nc(-n2cccc2)c1. The quantitative estimate of drug-likeness (QED) is 0.467. The van der Waals surface area contributed by atoms with Crippen molar-refractivity contribution in [3.8, 4) is 11.6 Å². The fraction of sp³-hybridized carbons (Fsp3) is 0.0435. The minimum Gasteiger partial charge on any atom is -0.309 e. The molecule has 0 saturated carbocycles. The van der Waals surface area contributed by atoms with Crippen molar-refractivity contribution in [2.24, 2.45) is 0 Å². The van der Waals surface area contributed by atoms with Crippen LogP contribution < -0.4 is 0 Å². The molecule has 0 amide bonds. The fourth-order valence-electron chi connectivity index (χ4n) is 3.38. The predicted octanol–water partition coefficient (Wildman–Crippen LogP) is 4.80. The lowest BCUT2D eigenvalue weighted by molar-refractivity contribution is 0.932. The van der Waals surface area contributed by atoms with Gasteiger partial charge in [-0.1, -0.05) is 30.3 Å². The van der Waals surface area contributed by atoms with E-state index in [0.717, 1.165) is 28.4 Å². The fourth-order valence-corrected chi connectivity index (χ4v) is 3.38. The van der Waals surface area contributed by atoms with Crippen LogP contribution in [0.4, 0.5) is 0 Å². The van der Waals surface area contributed by atoms with Crippen LogP contribution in [0.15, 0.2) is 97.6 Å². The molecule has 4 heteroatoms. The van der Waals surface area contributed by atoms with Gasteiger partial charge in [0.05, 0.1) is 0 Å². The minimum absolute atomic E-state index is 0.689. The maximum atomic E-state index is 4.95. The molecule has 0 radical (unpaired) electrons. The first-order valence-corrected chi connectivity index (χ1v) is 8.98. The topological polar surface area (TPSA) is 35.6 Å². The van der Waals surface area contributed by atoms with E-state index in [2.05, 4.69) is 41.0 Å². The monoisotopic (exact) mass is 350 g/mol. The van der Waals surface area contributed by atoms with Crippen molar-refractivity contribution < 1.29 is 0 Å². The summed E-state index contributed by atoms with van der Waals surface area (Å²) in [5.41, 5.74) is 2.01. The number of rotatable bonds is 4. The van der Waals surface area contributed by atoms with Gasteiger partial charge in [-0.25, -0.2) is 9.97 Å². The Bertz CT molecular complexity index is 1190. The summed E-state index contributed by atoms with van der Waals surface area (Å²) in [6, 6.07) is 24.7. The second-order valence-electron chi connectivity index (χ2n) is 6.50. The minimum atomic E-state index is 0.689. The summed E-state index contributed by atoms with van der Waals surface area (Å²) in [4.78, 5) is 9.75. The molecule has 0 spiro atoms. The third-order valence-electron chi connectivity index (χ3n) is 4.65. The number of nitrogens with zero attached hydrogens (tertiary/aromatic N) is 4. The van der Waals surface area contributed by atoms with Crippen LogP contribution in [0.1, 0.15) is 11.4 Å². The molecule has 4 nitrogen and oxygen atoms in total. The molecule has 0 N–H and O–H groups in total. The van der Waals surface area contributed by atoms with Crippen LogP contribution in [0.2, 0.25) is 0 Å². The lowest BCUT2D eigenvalue weighted by atomic mass is 10.1. The van der Waals surface area contributed by atoms with E-state index in [1.54, 1.807) is 0 Å². The van der Waals surface area contributed by atoms with E-state index in [9.17, 15) is 0 Å². The molecule has 0 saturated heterocycles. The lowest BCUT2D eigenvalue weighted by Crippen LogP contribution is -2.03. The zero-order valence-electron chi connectivity index (χ0n) is 14.7. The second-order valence-corrected chi connectivity index (χ2v) is 6.50. The van der Waals surface area contributed by atoms with Gasteiger partial charge in [-0.2, -0.15) is 0 Å². The number of aromatic nitrogens is 4. The Morgan fingerprint density at radius 1 is 0.630 bits per heavy atom. The highest BCUT2D eigenvalue weighted by molar-refractivity contribution is 5.89. The predicted molar refractivity (Wildman–Crippen MR) is 107 cm³/mol. The van der Waals surface area contributed by atoms with Crippen LogP contribution in [0.5, 0.6) is 0 Å². The Kier molecular flexibility index (Phi) is 3.79. The van der Waals surface area contributed by atoms with Crippen LogP contribution in [-0.4, -0.2) is 19.1 Å². The highest BCUT2D eigenvalue weighted by Gasteiger charge is 2.09. The maximum absolute atomic E-state index is 4.95. The number of benzene rings is 1. The molecule has 5 aromatic rings. The van der Waals surface area contributed by atoms with Crippen LogP contribution in [-0.2, 0) is 6.42 Å². The Balaban J connectivity index is 1.57. The van der Waals surface area contributed by atoms with Crippen molar-refractivity contribution >= 4 is 10.8 Å². The lowest BCUT2D eigenvalue weighted by Gasteiger charge is -2.11. The Labute approximate surface area is 157 Å². The van der Waals surface area contributed by atoms with Crippen molar-refractivity contribution in [3.63, 3.8) is 0 Å². The summed E-state index contributed by atoms with van der Waals surface area (Å²) >= 11 is 0. The number of hydrogen-bond donors (Lipinski definition) is 0. The first-order chi connectivity index (χ1) is 13.4. The Morgan fingerprint density at radius 2 is 1.37 bits per heavy atom. The second kappa shape index (κ2) is 6.57. The van der Waals surface area contributed by atoms with Gasteiger partial charge < -0.3 is 9.13 Å². The molecule has 0 fully saturated rings. The molecular weight excluding hydrogens is 332 g/mol. The van der Waals surface area contributed by atoms with E-state index in [0.29, 0.717) is 6.42 Å². The highest BCUT2D eigenvalue weighted by atomic mass is 15.1. The first-order valence-electron chi connectivity index (χ1n) is 8.98. The first kappa shape index (κ1) is 15.6. The molecule has 0 bridgehead atoms. The molecule has 27 heavy (non-hydrogen) atoms. The summed E-state index contributed by atoms with van der Waals surface area (Å²) < 4.78 is 4.08. The van der Waals surface area contributed by atoms with Crippen molar-refractivity contribution in [1.29, 1.82) is 0 Å². The van der Waals surface area contributed by atoms with E-state index in [4.69, 9.17) is 9.97 Å². The molecule has 1 aromatic carbocycles.